The number of nitrogens with zero attached hydrogens (tertiary/aromatic N) is 1. The van der Waals surface area contributed by atoms with E-state index >= 15 is 0 Å². The Kier molecular flexibility index (Phi) is 7.57. The highest BCUT2D eigenvalue weighted by atomic mass is 32.2. The minimum absolute atomic E-state index is 0.00312. The molecule has 4 N–H and O–H groups in total. The molecule has 4 rings (SSSR count). The number of carbonyl (C=O) groups excluding carboxylic acids is 1. The van der Waals surface area contributed by atoms with Crippen molar-refractivity contribution in [1.29, 1.82) is 0 Å². The first kappa shape index (κ1) is 27.4. The third-order valence-corrected chi connectivity index (χ3v) is 8.28. The van der Waals surface area contributed by atoms with Crippen LogP contribution in [0, 0.1) is 0 Å². The number of halogens is 3. The maximum absolute atomic E-state index is 13.1. The van der Waals surface area contributed by atoms with Crippen LogP contribution in [0.3, 0.4) is 0 Å². The number of amides is 1. The summed E-state index contributed by atoms with van der Waals surface area (Å²) in [6.45, 7) is 3.06. The second-order valence-electron chi connectivity index (χ2n) is 9.66. The molecule has 0 saturated carbocycles. The minimum Gasteiger partial charge on any atom is -0.489 e. The second kappa shape index (κ2) is 10.2. The highest BCUT2D eigenvalue weighted by Crippen LogP contribution is 2.39. The van der Waals surface area contributed by atoms with Gasteiger partial charge in [-0.3, -0.25) is 9.69 Å². The van der Waals surface area contributed by atoms with Crippen LogP contribution in [0.15, 0.2) is 53.4 Å². The molecule has 4 atom stereocenters. The number of benzene rings is 2. The van der Waals surface area contributed by atoms with Gasteiger partial charge in [0.2, 0.25) is 15.9 Å². The van der Waals surface area contributed by atoms with Crippen molar-refractivity contribution >= 4 is 15.9 Å². The van der Waals surface area contributed by atoms with Gasteiger partial charge in [0.1, 0.15) is 17.4 Å². The number of alkyl halides is 3. The average molecular weight is 542 g/mol. The van der Waals surface area contributed by atoms with Crippen LogP contribution in [0.4, 0.5) is 13.2 Å². The summed E-state index contributed by atoms with van der Waals surface area (Å²) in [6, 6.07) is 10.9. The fourth-order valence-electron chi connectivity index (χ4n) is 5.19. The number of primary sulfonamides is 1. The summed E-state index contributed by atoms with van der Waals surface area (Å²) < 4.78 is 74.2. The molecule has 37 heavy (non-hydrogen) atoms. The van der Waals surface area contributed by atoms with Crippen molar-refractivity contribution < 1.29 is 35.9 Å². The molecule has 3 unspecified atom stereocenters. The number of nitrogens with two attached hydrogens (primary N) is 2. The van der Waals surface area contributed by atoms with Gasteiger partial charge in [-0.2, -0.15) is 13.2 Å². The van der Waals surface area contributed by atoms with E-state index in [1.165, 1.54) is 24.3 Å². The molecule has 8 nitrogen and oxygen atoms in total. The van der Waals surface area contributed by atoms with E-state index in [-0.39, 0.29) is 22.7 Å². The van der Waals surface area contributed by atoms with Gasteiger partial charge in [-0.15, -0.1) is 0 Å². The van der Waals surface area contributed by atoms with Gasteiger partial charge in [0.05, 0.1) is 16.6 Å². The standard InChI is InChI=1S/C25H30F3N3O5S/c1-16(17-5-7-21(8-6-17)37(30,33)34)22-14-24(23(29)32,10-12-35-22)31-11-9-20(15-31)36-19-4-2-3-18(13-19)25(26,27)28/h2-8,13,16,20,22H,9-12,14-15H2,1H3,(H2,29,32)(H2,30,33,34)/t16-,20?,22?,24?/m0/s1. The lowest BCUT2D eigenvalue weighted by Crippen LogP contribution is -2.61. The van der Waals surface area contributed by atoms with E-state index in [4.69, 9.17) is 20.3 Å². The summed E-state index contributed by atoms with van der Waals surface area (Å²) in [5, 5.41) is 5.18. The Labute approximate surface area is 213 Å². The molecule has 2 saturated heterocycles. The molecule has 1 amide bonds. The molecule has 0 bridgehead atoms. The van der Waals surface area contributed by atoms with E-state index < -0.39 is 39.3 Å². The van der Waals surface area contributed by atoms with Crippen molar-refractivity contribution in [3.63, 3.8) is 0 Å². The van der Waals surface area contributed by atoms with Crippen molar-refractivity contribution in [2.75, 3.05) is 19.7 Å². The van der Waals surface area contributed by atoms with Gasteiger partial charge in [-0.05, 0) is 48.7 Å². The molecule has 0 aliphatic carbocycles. The zero-order chi connectivity index (χ0) is 27.0. The Bertz CT molecular complexity index is 1240. The summed E-state index contributed by atoms with van der Waals surface area (Å²) in [5.74, 6) is -0.540. The van der Waals surface area contributed by atoms with E-state index in [0.717, 1.165) is 17.7 Å². The topological polar surface area (TPSA) is 125 Å². The predicted molar refractivity (Wildman–Crippen MR) is 129 cm³/mol. The largest absolute Gasteiger partial charge is 0.489 e. The van der Waals surface area contributed by atoms with Crippen molar-refractivity contribution in [3.05, 3.63) is 59.7 Å². The van der Waals surface area contributed by atoms with Gasteiger partial charge in [0.15, 0.2) is 0 Å². The normalized spacial score (nSPS) is 26.1. The molecule has 202 valence electrons. The van der Waals surface area contributed by atoms with Crippen LogP contribution in [-0.2, 0) is 25.7 Å². The molecule has 2 fully saturated rings. The molecule has 2 heterocycles. The van der Waals surface area contributed by atoms with Gasteiger partial charge in [0, 0.05) is 32.0 Å². The number of carbonyl (C=O) groups is 1. The van der Waals surface area contributed by atoms with Crippen LogP contribution in [0.2, 0.25) is 0 Å². The van der Waals surface area contributed by atoms with Crippen LogP contribution in [0.25, 0.3) is 0 Å². The molecule has 0 spiro atoms. The lowest BCUT2D eigenvalue weighted by Gasteiger charge is -2.46. The average Bonchev–Trinajstić information content (AvgIpc) is 3.31. The first-order chi connectivity index (χ1) is 17.3. The van der Waals surface area contributed by atoms with Crippen molar-refractivity contribution in [1.82, 2.24) is 4.90 Å². The van der Waals surface area contributed by atoms with Crippen LogP contribution in [-0.4, -0.2) is 56.7 Å². The SMILES string of the molecule is C[C@@H](c1ccc(S(N)(=O)=O)cc1)C1CC(C(N)=O)(N2CCC(Oc3cccc(C(F)(F)F)c3)C2)CCO1. The van der Waals surface area contributed by atoms with E-state index in [1.54, 1.807) is 12.1 Å². The molecular formula is C25H30F3N3O5S. The maximum Gasteiger partial charge on any atom is 0.416 e. The zero-order valence-corrected chi connectivity index (χ0v) is 21.1. The number of hydrogen-bond acceptors (Lipinski definition) is 6. The van der Waals surface area contributed by atoms with Crippen molar-refractivity contribution in [2.24, 2.45) is 10.9 Å². The monoisotopic (exact) mass is 541 g/mol. The first-order valence-electron chi connectivity index (χ1n) is 11.9. The Morgan fingerprint density at radius 1 is 1.22 bits per heavy atom. The summed E-state index contributed by atoms with van der Waals surface area (Å²) in [6.07, 6.45) is -4.01. The third kappa shape index (κ3) is 5.92. The lowest BCUT2D eigenvalue weighted by atomic mass is 9.79. The zero-order valence-electron chi connectivity index (χ0n) is 20.3. The molecule has 2 aromatic carbocycles. The highest BCUT2D eigenvalue weighted by molar-refractivity contribution is 7.89. The lowest BCUT2D eigenvalue weighted by molar-refractivity contribution is -0.142. The number of ether oxygens (including phenoxy) is 2. The van der Waals surface area contributed by atoms with Crippen LogP contribution in [0.5, 0.6) is 5.75 Å². The Morgan fingerprint density at radius 3 is 2.54 bits per heavy atom. The van der Waals surface area contributed by atoms with Crippen LogP contribution >= 0.6 is 0 Å². The molecule has 2 aliphatic rings. The van der Waals surface area contributed by atoms with Gasteiger partial charge in [-0.1, -0.05) is 25.1 Å². The summed E-state index contributed by atoms with van der Waals surface area (Å²) in [7, 11) is -3.82. The quantitative estimate of drug-likeness (QED) is 0.555. The minimum atomic E-state index is -4.47. The molecular weight excluding hydrogens is 511 g/mol. The summed E-state index contributed by atoms with van der Waals surface area (Å²) in [4.78, 5) is 14.8. The maximum atomic E-state index is 13.1. The number of sulfonamides is 1. The van der Waals surface area contributed by atoms with Crippen molar-refractivity contribution in [3.8, 4) is 5.75 Å². The highest BCUT2D eigenvalue weighted by Gasteiger charge is 2.50. The smallest absolute Gasteiger partial charge is 0.416 e. The second-order valence-corrected chi connectivity index (χ2v) is 11.2. The van der Waals surface area contributed by atoms with Gasteiger partial charge in [0.25, 0.3) is 0 Å². The van der Waals surface area contributed by atoms with Gasteiger partial charge in [-0.25, -0.2) is 13.6 Å². The van der Waals surface area contributed by atoms with E-state index in [1.807, 2.05) is 11.8 Å². The van der Waals surface area contributed by atoms with E-state index in [0.29, 0.717) is 39.0 Å². The number of primary amides is 1. The van der Waals surface area contributed by atoms with Crippen LogP contribution in [0.1, 0.15) is 43.2 Å². The number of likely N-dealkylation sites (tertiary alicyclic amines) is 1. The fourth-order valence-corrected chi connectivity index (χ4v) is 5.70. The molecule has 12 heteroatoms. The number of hydrogen-bond donors (Lipinski definition) is 2. The Hall–Kier alpha value is -2.67. The van der Waals surface area contributed by atoms with Gasteiger partial charge < -0.3 is 15.2 Å². The first-order valence-corrected chi connectivity index (χ1v) is 13.5. The molecule has 2 aliphatic heterocycles. The summed E-state index contributed by atoms with van der Waals surface area (Å²) in [5.41, 5.74) is 4.98. The fraction of sp³-hybridized carbons (Fsp3) is 0.480. The Morgan fingerprint density at radius 2 is 1.92 bits per heavy atom. The van der Waals surface area contributed by atoms with Crippen LogP contribution < -0.4 is 15.6 Å². The van der Waals surface area contributed by atoms with Gasteiger partial charge >= 0.3 is 6.18 Å². The Balaban J connectivity index is 1.47. The van der Waals surface area contributed by atoms with E-state index in [2.05, 4.69) is 0 Å². The summed E-state index contributed by atoms with van der Waals surface area (Å²) >= 11 is 0. The molecule has 0 radical (unpaired) electrons. The molecule has 2 aromatic rings. The third-order valence-electron chi connectivity index (χ3n) is 7.35. The number of rotatable bonds is 7. The molecule has 0 aromatic heterocycles. The van der Waals surface area contributed by atoms with Crippen molar-refractivity contribution in [2.45, 2.75) is 60.9 Å². The predicted octanol–water partition coefficient (Wildman–Crippen LogP) is 3.01. The van der Waals surface area contributed by atoms with E-state index in [9.17, 15) is 26.4 Å².